The summed E-state index contributed by atoms with van der Waals surface area (Å²) in [7, 11) is 2.13. The van der Waals surface area contributed by atoms with Gasteiger partial charge in [0, 0.05) is 18.3 Å². The van der Waals surface area contributed by atoms with Gasteiger partial charge in [-0.1, -0.05) is 29.8 Å². The Hall–Kier alpha value is -2.46. The van der Waals surface area contributed by atoms with E-state index in [1.807, 2.05) is 35.2 Å². The maximum absolute atomic E-state index is 13.0. The van der Waals surface area contributed by atoms with E-state index in [4.69, 9.17) is 0 Å². The first kappa shape index (κ1) is 17.4. The van der Waals surface area contributed by atoms with Gasteiger partial charge in [-0.25, -0.2) is 0 Å². The summed E-state index contributed by atoms with van der Waals surface area (Å²) in [6.07, 6.45) is 9.04. The van der Waals surface area contributed by atoms with E-state index in [2.05, 4.69) is 36.0 Å². The van der Waals surface area contributed by atoms with Crippen LogP contribution in [0.3, 0.4) is 0 Å². The summed E-state index contributed by atoms with van der Waals surface area (Å²) < 4.78 is 0. The summed E-state index contributed by atoms with van der Waals surface area (Å²) in [6, 6.07) is 12.2. The minimum absolute atomic E-state index is 0.0168. The number of hydrogen-bond acceptors (Lipinski definition) is 3. The highest BCUT2D eigenvalue weighted by atomic mass is 16.2. The third kappa shape index (κ3) is 4.54. The number of hydrogen-bond donors (Lipinski definition) is 0. The lowest BCUT2D eigenvalue weighted by Crippen LogP contribution is -2.46. The quantitative estimate of drug-likeness (QED) is 0.802. The molecule has 2 aromatic rings. The third-order valence-corrected chi connectivity index (χ3v) is 4.71. The van der Waals surface area contributed by atoms with Crippen LogP contribution in [0.15, 0.2) is 54.9 Å². The van der Waals surface area contributed by atoms with Gasteiger partial charge < -0.3 is 9.80 Å². The van der Waals surface area contributed by atoms with Gasteiger partial charge in [0.1, 0.15) is 0 Å². The van der Waals surface area contributed by atoms with Gasteiger partial charge in [0.05, 0.1) is 11.9 Å². The van der Waals surface area contributed by atoms with E-state index < -0.39 is 0 Å². The van der Waals surface area contributed by atoms with Crippen molar-refractivity contribution in [3.63, 3.8) is 0 Å². The van der Waals surface area contributed by atoms with Crippen LogP contribution in [-0.4, -0.2) is 42.0 Å². The van der Waals surface area contributed by atoms with Crippen LogP contribution in [0.1, 0.15) is 24.0 Å². The van der Waals surface area contributed by atoms with Gasteiger partial charge in [0.15, 0.2) is 0 Å². The number of pyridine rings is 1. The van der Waals surface area contributed by atoms with Gasteiger partial charge in [-0.15, -0.1) is 0 Å². The van der Waals surface area contributed by atoms with Crippen LogP contribution in [0.25, 0.3) is 6.08 Å². The van der Waals surface area contributed by atoms with E-state index in [0.29, 0.717) is 0 Å². The van der Waals surface area contributed by atoms with Crippen molar-refractivity contribution >= 4 is 17.7 Å². The number of amides is 1. The molecule has 25 heavy (non-hydrogen) atoms. The number of aryl methyl sites for hydroxylation is 1. The van der Waals surface area contributed by atoms with E-state index >= 15 is 0 Å². The zero-order valence-electron chi connectivity index (χ0n) is 14.9. The second-order valence-electron chi connectivity index (χ2n) is 6.70. The average Bonchev–Trinajstić information content (AvgIpc) is 2.64. The monoisotopic (exact) mass is 335 g/mol. The highest BCUT2D eigenvalue weighted by Crippen LogP contribution is 2.23. The van der Waals surface area contributed by atoms with Gasteiger partial charge in [0.25, 0.3) is 5.91 Å². The molecule has 4 heteroatoms. The lowest BCUT2D eigenvalue weighted by atomic mass is 10.0. The van der Waals surface area contributed by atoms with Crippen LogP contribution >= 0.6 is 0 Å². The molecule has 0 saturated carbocycles. The molecule has 1 aromatic carbocycles. The first-order valence-electron chi connectivity index (χ1n) is 8.80. The van der Waals surface area contributed by atoms with Crippen molar-refractivity contribution in [3.8, 4) is 0 Å². The van der Waals surface area contributed by atoms with Crippen LogP contribution in [0.4, 0.5) is 5.69 Å². The summed E-state index contributed by atoms with van der Waals surface area (Å²) in [5, 5.41) is 0. The smallest absolute Gasteiger partial charge is 0.251 e. The second-order valence-corrected chi connectivity index (χ2v) is 6.70. The molecule has 4 nitrogen and oxygen atoms in total. The van der Waals surface area contributed by atoms with E-state index in [0.717, 1.165) is 37.2 Å². The first-order valence-corrected chi connectivity index (χ1v) is 8.80. The Morgan fingerprint density at radius 3 is 2.56 bits per heavy atom. The summed E-state index contributed by atoms with van der Waals surface area (Å²) in [6.45, 7) is 4.08. The molecule has 1 aliphatic rings. The topological polar surface area (TPSA) is 36.4 Å². The molecule has 0 aliphatic carbocycles. The van der Waals surface area contributed by atoms with Crippen molar-refractivity contribution in [1.29, 1.82) is 0 Å². The molecular weight excluding hydrogens is 310 g/mol. The Kier molecular flexibility index (Phi) is 5.61. The average molecular weight is 335 g/mol. The van der Waals surface area contributed by atoms with Crippen LogP contribution in [0.5, 0.6) is 0 Å². The van der Waals surface area contributed by atoms with Gasteiger partial charge in [-0.2, -0.15) is 0 Å². The molecule has 1 aliphatic heterocycles. The molecule has 1 saturated heterocycles. The lowest BCUT2D eigenvalue weighted by Gasteiger charge is -2.36. The number of piperidine rings is 1. The molecule has 2 heterocycles. The van der Waals surface area contributed by atoms with Crippen molar-refractivity contribution < 1.29 is 4.79 Å². The van der Waals surface area contributed by atoms with Gasteiger partial charge in [-0.05, 0) is 63.7 Å². The van der Waals surface area contributed by atoms with Crippen LogP contribution in [-0.2, 0) is 4.79 Å². The predicted octanol–water partition coefficient (Wildman–Crippen LogP) is 3.53. The summed E-state index contributed by atoms with van der Waals surface area (Å²) in [4.78, 5) is 21.4. The Bertz CT molecular complexity index is 717. The number of rotatable bonds is 4. The fourth-order valence-corrected chi connectivity index (χ4v) is 3.19. The van der Waals surface area contributed by atoms with Crippen molar-refractivity contribution in [1.82, 2.24) is 9.88 Å². The Morgan fingerprint density at radius 2 is 1.92 bits per heavy atom. The number of nitrogens with zero attached hydrogens (tertiary/aromatic N) is 3. The van der Waals surface area contributed by atoms with Crippen molar-refractivity contribution in [2.45, 2.75) is 25.8 Å². The largest absolute Gasteiger partial charge is 0.306 e. The number of carbonyl (C=O) groups is 1. The zero-order chi connectivity index (χ0) is 17.6. The predicted molar refractivity (Wildman–Crippen MR) is 102 cm³/mol. The molecule has 1 aromatic heterocycles. The SMILES string of the molecule is Cc1ccc(/C=C/C(=O)N(c2cccnc2)C2CCN(C)CC2)cc1. The zero-order valence-corrected chi connectivity index (χ0v) is 14.9. The molecular formula is C21H25N3O. The number of anilines is 1. The van der Waals surface area contributed by atoms with Crippen molar-refractivity contribution in [2.75, 3.05) is 25.0 Å². The number of aromatic nitrogens is 1. The lowest BCUT2D eigenvalue weighted by molar-refractivity contribution is -0.114. The molecule has 0 unspecified atom stereocenters. The molecule has 0 spiro atoms. The summed E-state index contributed by atoms with van der Waals surface area (Å²) in [5.41, 5.74) is 3.12. The highest BCUT2D eigenvalue weighted by Gasteiger charge is 2.27. The summed E-state index contributed by atoms with van der Waals surface area (Å²) in [5.74, 6) is 0.0168. The van der Waals surface area contributed by atoms with E-state index in [-0.39, 0.29) is 11.9 Å². The molecule has 0 bridgehead atoms. The maximum atomic E-state index is 13.0. The molecule has 3 rings (SSSR count). The molecule has 1 fully saturated rings. The van der Waals surface area contributed by atoms with E-state index in [1.54, 1.807) is 18.5 Å². The molecule has 1 amide bonds. The second kappa shape index (κ2) is 8.08. The third-order valence-electron chi connectivity index (χ3n) is 4.71. The standard InChI is InChI=1S/C21H25N3O/c1-17-5-7-18(8-6-17)9-10-21(25)24(20-4-3-13-22-16-20)19-11-14-23(2)15-12-19/h3-10,13,16,19H,11-12,14-15H2,1-2H3/b10-9+. The van der Waals surface area contributed by atoms with E-state index in [1.165, 1.54) is 5.56 Å². The molecule has 0 radical (unpaired) electrons. The highest BCUT2D eigenvalue weighted by molar-refractivity contribution is 6.04. The van der Waals surface area contributed by atoms with Crippen LogP contribution < -0.4 is 4.90 Å². The van der Waals surface area contributed by atoms with Crippen molar-refractivity contribution in [3.05, 3.63) is 66.0 Å². The molecule has 130 valence electrons. The van der Waals surface area contributed by atoms with Crippen LogP contribution in [0.2, 0.25) is 0 Å². The summed E-state index contributed by atoms with van der Waals surface area (Å²) >= 11 is 0. The van der Waals surface area contributed by atoms with Crippen LogP contribution in [0, 0.1) is 6.92 Å². The first-order chi connectivity index (χ1) is 12.1. The number of likely N-dealkylation sites (tertiary alicyclic amines) is 1. The normalized spacial score (nSPS) is 16.2. The number of carbonyl (C=O) groups excluding carboxylic acids is 1. The maximum Gasteiger partial charge on any atom is 0.251 e. The van der Waals surface area contributed by atoms with Gasteiger partial charge in [0.2, 0.25) is 0 Å². The molecule has 0 atom stereocenters. The number of benzene rings is 1. The minimum atomic E-state index is 0.0168. The van der Waals surface area contributed by atoms with Gasteiger partial charge in [-0.3, -0.25) is 9.78 Å². The van der Waals surface area contributed by atoms with Crippen molar-refractivity contribution in [2.24, 2.45) is 0 Å². The fraction of sp³-hybridized carbons (Fsp3) is 0.333. The Labute approximate surface area is 149 Å². The van der Waals surface area contributed by atoms with E-state index in [9.17, 15) is 4.79 Å². The Morgan fingerprint density at radius 1 is 1.20 bits per heavy atom. The Balaban J connectivity index is 1.80. The minimum Gasteiger partial charge on any atom is -0.306 e. The fourth-order valence-electron chi connectivity index (χ4n) is 3.19. The molecule has 0 N–H and O–H groups in total. The van der Waals surface area contributed by atoms with Gasteiger partial charge >= 0.3 is 0 Å².